The van der Waals surface area contributed by atoms with E-state index in [9.17, 15) is 4.39 Å². The van der Waals surface area contributed by atoms with Gasteiger partial charge in [-0.15, -0.1) is 0 Å². The van der Waals surface area contributed by atoms with Crippen LogP contribution in [0.3, 0.4) is 0 Å². The van der Waals surface area contributed by atoms with Crippen molar-refractivity contribution in [3.63, 3.8) is 0 Å². The van der Waals surface area contributed by atoms with E-state index >= 15 is 0 Å². The van der Waals surface area contributed by atoms with Crippen LogP contribution in [-0.4, -0.2) is 32.2 Å². The van der Waals surface area contributed by atoms with Crippen LogP contribution in [-0.2, 0) is 14.2 Å². The third-order valence-corrected chi connectivity index (χ3v) is 10.1. The Bertz CT molecular complexity index is 913. The van der Waals surface area contributed by atoms with Gasteiger partial charge in [0.05, 0.1) is 19.3 Å². The Morgan fingerprint density at radius 3 is 0.946 bits per heavy atom. The van der Waals surface area contributed by atoms with Crippen molar-refractivity contribution in [1.82, 2.24) is 0 Å². The molecule has 2 atom stereocenters. The van der Waals surface area contributed by atoms with Crippen LogP contribution >= 0.6 is 0 Å². The third kappa shape index (κ3) is 36.6. The molecule has 2 saturated heterocycles. The number of rotatable bonds is 0. The van der Waals surface area contributed by atoms with Gasteiger partial charge in [0.2, 0.25) is 0 Å². The van der Waals surface area contributed by atoms with Crippen molar-refractivity contribution >= 4 is 0 Å². The first kappa shape index (κ1) is 68.9. The largest absolute Gasteiger partial charge is 0.378 e. The summed E-state index contributed by atoms with van der Waals surface area (Å²) in [7, 11) is 0. The molecule has 0 aromatic heterocycles. The van der Waals surface area contributed by atoms with Crippen LogP contribution in [0.2, 0.25) is 0 Å². The standard InChI is InChI=1S/C8H9F.2C8H16.C8H10.C7H14O.C6H12O2.7CH4/c1-6-3-4-7(2)8(9)5-6;3*1-7-3-5-8(2)6-4-7;1-6-3-4-7(2)8-5-6;1-5-3-7-6(2)8-4-5;;;;;;;/h3-5H,1-2H3;2*7-8H,3-6H2,1-2H3;3-6H,1-2H3;6-7H,3-5H2,1-2H3;5-6H,3-4H2,1-2H3;7*1H4. The monoisotopic (exact) mass is 797 g/mol. The third-order valence-electron chi connectivity index (χ3n) is 10.1. The second-order valence-corrected chi connectivity index (χ2v) is 16.3. The highest BCUT2D eigenvalue weighted by atomic mass is 19.1. The van der Waals surface area contributed by atoms with Crippen molar-refractivity contribution in [1.29, 1.82) is 0 Å². The van der Waals surface area contributed by atoms with Crippen molar-refractivity contribution in [2.24, 2.45) is 35.5 Å². The summed E-state index contributed by atoms with van der Waals surface area (Å²) in [4.78, 5) is 0. The number of aryl methyl sites for hydroxylation is 4. The topological polar surface area (TPSA) is 27.7 Å². The maximum Gasteiger partial charge on any atom is 0.154 e. The predicted molar refractivity (Wildman–Crippen MR) is 257 cm³/mol. The lowest BCUT2D eigenvalue weighted by molar-refractivity contribution is -0.187. The quantitative estimate of drug-likeness (QED) is 0.266. The molecule has 56 heavy (non-hydrogen) atoms. The zero-order valence-electron chi connectivity index (χ0n) is 34.0. The molecule has 3 nitrogen and oxygen atoms in total. The van der Waals surface area contributed by atoms with Crippen molar-refractivity contribution in [3.8, 4) is 0 Å². The molecule has 0 amide bonds. The fourth-order valence-electron chi connectivity index (χ4n) is 5.90. The van der Waals surface area contributed by atoms with E-state index in [1.54, 1.807) is 13.0 Å². The van der Waals surface area contributed by atoms with Gasteiger partial charge in [0, 0.05) is 12.5 Å². The van der Waals surface area contributed by atoms with Gasteiger partial charge in [-0.1, -0.05) is 192 Å². The van der Waals surface area contributed by atoms with E-state index < -0.39 is 0 Å². The molecule has 0 bridgehead atoms. The summed E-state index contributed by atoms with van der Waals surface area (Å²) in [5, 5.41) is 0. The van der Waals surface area contributed by atoms with E-state index in [-0.39, 0.29) is 64.1 Å². The van der Waals surface area contributed by atoms with Crippen LogP contribution in [0.15, 0.2) is 42.5 Å². The molecule has 6 rings (SSSR count). The second kappa shape index (κ2) is 40.0. The summed E-state index contributed by atoms with van der Waals surface area (Å²) in [6.45, 7) is 28.4. The number of hydrogen-bond acceptors (Lipinski definition) is 3. The molecule has 0 spiro atoms. The number of halogens is 1. The molecule has 4 heteroatoms. The Morgan fingerprint density at radius 2 is 0.696 bits per heavy atom. The lowest BCUT2D eigenvalue weighted by Gasteiger charge is -2.24. The Balaban J connectivity index is -0.000000100. The van der Waals surface area contributed by atoms with Gasteiger partial charge in [-0.2, -0.15) is 0 Å². The first-order valence-corrected chi connectivity index (χ1v) is 19.7. The van der Waals surface area contributed by atoms with Crippen LogP contribution in [0.5, 0.6) is 0 Å². The van der Waals surface area contributed by atoms with E-state index in [0.717, 1.165) is 55.0 Å². The number of hydrogen-bond donors (Lipinski definition) is 0. The second-order valence-electron chi connectivity index (χ2n) is 16.3. The molecule has 0 radical (unpaired) electrons. The lowest BCUT2D eigenvalue weighted by atomic mass is 9.84. The zero-order valence-corrected chi connectivity index (χ0v) is 34.0. The molecule has 2 aromatic carbocycles. The van der Waals surface area contributed by atoms with Crippen molar-refractivity contribution < 1.29 is 18.6 Å². The van der Waals surface area contributed by atoms with E-state index in [1.807, 2.05) is 19.9 Å². The predicted octanol–water partition coefficient (Wildman–Crippen LogP) is 17.7. The average molecular weight is 797 g/mol. The molecule has 2 aliphatic carbocycles. The van der Waals surface area contributed by atoms with Crippen molar-refractivity contribution in [2.75, 3.05) is 19.8 Å². The minimum atomic E-state index is -0.116. The highest BCUT2D eigenvalue weighted by molar-refractivity contribution is 5.21. The van der Waals surface area contributed by atoms with Crippen LogP contribution in [0.1, 0.15) is 194 Å². The minimum absolute atomic E-state index is 0. The maximum atomic E-state index is 12.6. The molecular weight excluding hydrogens is 692 g/mol. The SMILES string of the molecule is C.C.C.C.C.C.C.CC1CCC(C)CC1.CC1CCC(C)CC1.CC1CCC(C)OC1.CC1COC(C)OC1.Cc1ccc(C)c(F)c1.Cc1ccc(C)cc1. The van der Waals surface area contributed by atoms with Crippen molar-refractivity contribution in [3.05, 3.63) is 70.5 Å². The van der Waals surface area contributed by atoms with Crippen LogP contribution in [0.25, 0.3) is 0 Å². The number of benzene rings is 2. The van der Waals surface area contributed by atoms with Gasteiger partial charge in [-0.3, -0.25) is 0 Å². The van der Waals surface area contributed by atoms with E-state index in [0.29, 0.717) is 17.6 Å². The lowest BCUT2D eigenvalue weighted by Crippen LogP contribution is -2.27. The fourth-order valence-corrected chi connectivity index (χ4v) is 5.90. The molecule has 4 fully saturated rings. The van der Waals surface area contributed by atoms with Crippen LogP contribution in [0.4, 0.5) is 4.39 Å². The Labute approximate surface area is 355 Å². The molecular formula is C52H105FO3. The zero-order chi connectivity index (χ0) is 36.8. The van der Waals surface area contributed by atoms with Crippen LogP contribution < -0.4 is 0 Å². The Morgan fingerprint density at radius 1 is 0.393 bits per heavy atom. The molecule has 2 heterocycles. The summed E-state index contributed by atoms with van der Waals surface area (Å²) < 4.78 is 28.3. The summed E-state index contributed by atoms with van der Waals surface area (Å²) in [6.07, 6.45) is 14.9. The first-order chi connectivity index (χ1) is 23.1. The average Bonchev–Trinajstić information content (AvgIpc) is 3.08. The van der Waals surface area contributed by atoms with E-state index in [2.05, 4.69) is 86.6 Å². The smallest absolute Gasteiger partial charge is 0.154 e. The maximum absolute atomic E-state index is 12.6. The van der Waals surface area contributed by atoms with Gasteiger partial charge in [0.15, 0.2) is 6.29 Å². The summed E-state index contributed by atoms with van der Waals surface area (Å²) >= 11 is 0. The van der Waals surface area contributed by atoms with E-state index in [4.69, 9.17) is 14.2 Å². The van der Waals surface area contributed by atoms with Gasteiger partial charge in [-0.05, 0) is 101 Å². The van der Waals surface area contributed by atoms with Gasteiger partial charge in [0.1, 0.15) is 5.82 Å². The Kier molecular flexibility index (Phi) is 49.3. The van der Waals surface area contributed by atoms with Gasteiger partial charge in [-0.25, -0.2) is 4.39 Å². The Hall–Kier alpha value is -1.75. The van der Waals surface area contributed by atoms with E-state index in [1.165, 1.54) is 81.4 Å². The highest BCUT2D eigenvalue weighted by Gasteiger charge is 2.15. The van der Waals surface area contributed by atoms with Crippen LogP contribution in [0, 0.1) is 69.0 Å². The van der Waals surface area contributed by atoms with Gasteiger partial charge < -0.3 is 14.2 Å². The normalized spacial score (nSPS) is 25.6. The molecule has 0 N–H and O–H groups in total. The molecule has 2 aliphatic heterocycles. The minimum Gasteiger partial charge on any atom is -0.378 e. The van der Waals surface area contributed by atoms with Gasteiger partial charge in [0.25, 0.3) is 0 Å². The molecule has 4 aliphatic rings. The van der Waals surface area contributed by atoms with Gasteiger partial charge >= 0.3 is 0 Å². The summed E-state index contributed by atoms with van der Waals surface area (Å²) in [5.74, 6) is 5.34. The molecule has 2 saturated carbocycles. The highest BCUT2D eigenvalue weighted by Crippen LogP contribution is 2.28. The number of ether oxygens (including phenoxy) is 3. The molecule has 2 unspecified atom stereocenters. The molecule has 2 aromatic rings. The summed E-state index contributed by atoms with van der Waals surface area (Å²) in [5.41, 5.74) is 4.34. The molecule has 338 valence electrons. The summed E-state index contributed by atoms with van der Waals surface area (Å²) in [6, 6.07) is 13.7. The first-order valence-electron chi connectivity index (χ1n) is 19.7. The fraction of sp³-hybridized carbons (Fsp3) is 0.769. The van der Waals surface area contributed by atoms with Crippen molar-refractivity contribution in [2.45, 2.75) is 212 Å².